The van der Waals surface area contributed by atoms with Crippen LogP contribution in [0.25, 0.3) is 16.8 Å². The number of methoxy groups -OCH3 is 1. The van der Waals surface area contributed by atoms with E-state index in [0.717, 1.165) is 42.9 Å². The van der Waals surface area contributed by atoms with Gasteiger partial charge in [0.1, 0.15) is 12.3 Å². The largest absolute Gasteiger partial charge is 0.433 e. The van der Waals surface area contributed by atoms with Crippen molar-refractivity contribution in [1.82, 2.24) is 24.5 Å². The van der Waals surface area contributed by atoms with Crippen molar-refractivity contribution in [3.8, 4) is 11.1 Å². The smallest absolute Gasteiger partial charge is 0.375 e. The second kappa shape index (κ2) is 12.9. The Labute approximate surface area is 247 Å². The molecule has 0 aliphatic carbocycles. The maximum Gasteiger partial charge on any atom is 0.433 e. The second-order valence-electron chi connectivity index (χ2n) is 10.6. The van der Waals surface area contributed by atoms with Gasteiger partial charge in [0.25, 0.3) is 11.8 Å². The van der Waals surface area contributed by atoms with Crippen LogP contribution in [0.2, 0.25) is 0 Å². The van der Waals surface area contributed by atoms with Crippen LogP contribution in [0, 0.1) is 6.92 Å². The lowest BCUT2D eigenvalue weighted by Gasteiger charge is -2.29. The van der Waals surface area contributed by atoms with E-state index in [1.165, 1.54) is 20.1 Å². The minimum atomic E-state index is -4.68. The highest BCUT2D eigenvalue weighted by molar-refractivity contribution is 5.96. The Morgan fingerprint density at radius 2 is 1.74 bits per heavy atom. The van der Waals surface area contributed by atoms with E-state index in [1.54, 1.807) is 22.2 Å². The molecule has 0 unspecified atom stereocenters. The Bertz CT molecular complexity index is 1610. The lowest BCUT2D eigenvalue weighted by Crippen LogP contribution is -2.37. The molecule has 5 rings (SSSR count). The van der Waals surface area contributed by atoms with Crippen molar-refractivity contribution in [3.63, 3.8) is 0 Å². The number of benzene rings is 1. The predicted octanol–water partition coefficient (Wildman–Crippen LogP) is 5.70. The number of hydrogen-bond acceptors (Lipinski definition) is 6. The number of carbonyl (C=O) groups is 2. The first-order chi connectivity index (χ1) is 20.7. The van der Waals surface area contributed by atoms with Gasteiger partial charge in [-0.1, -0.05) is 31.4 Å². The SMILES string of the molecule is COCC(=O)N1CCCCCCCN(C(=O)c2cc3nc(C)cc(C(F)(F)F)n3n2)Cc2cc(-c3cccnc3)ccc21. The van der Waals surface area contributed by atoms with Crippen LogP contribution in [0.4, 0.5) is 18.9 Å². The topological polar surface area (TPSA) is 92.9 Å². The number of carbonyl (C=O) groups excluding carboxylic acids is 2. The number of aromatic nitrogens is 4. The zero-order chi connectivity index (χ0) is 30.6. The van der Waals surface area contributed by atoms with Crippen LogP contribution in [0.15, 0.2) is 54.9 Å². The normalized spacial score (nSPS) is 15.1. The second-order valence-corrected chi connectivity index (χ2v) is 10.6. The van der Waals surface area contributed by atoms with E-state index in [4.69, 9.17) is 4.74 Å². The summed E-state index contributed by atoms with van der Waals surface area (Å²) in [6.45, 7) is 2.35. The number of aryl methyl sites for hydroxylation is 1. The van der Waals surface area contributed by atoms with Gasteiger partial charge in [-0.2, -0.15) is 18.3 Å². The number of nitrogens with zero attached hydrogens (tertiary/aromatic N) is 6. The molecule has 4 heterocycles. The molecule has 1 aliphatic heterocycles. The van der Waals surface area contributed by atoms with Crippen molar-refractivity contribution in [2.24, 2.45) is 0 Å². The number of ether oxygens (including phenoxy) is 1. The van der Waals surface area contributed by atoms with Gasteiger partial charge in [0.05, 0.1) is 0 Å². The predicted molar refractivity (Wildman–Crippen MR) is 154 cm³/mol. The van der Waals surface area contributed by atoms with Crippen molar-refractivity contribution in [2.75, 3.05) is 31.7 Å². The van der Waals surface area contributed by atoms with Gasteiger partial charge in [-0.15, -0.1) is 0 Å². The number of anilines is 1. The summed E-state index contributed by atoms with van der Waals surface area (Å²) >= 11 is 0. The molecular formula is C31H33F3N6O3. The fraction of sp³-hybridized carbons (Fsp3) is 0.387. The molecule has 9 nitrogen and oxygen atoms in total. The van der Waals surface area contributed by atoms with Gasteiger partial charge < -0.3 is 14.5 Å². The minimum Gasteiger partial charge on any atom is -0.375 e. The molecular weight excluding hydrogens is 561 g/mol. The van der Waals surface area contributed by atoms with Gasteiger partial charge >= 0.3 is 6.18 Å². The first-order valence-corrected chi connectivity index (χ1v) is 14.2. The van der Waals surface area contributed by atoms with Crippen molar-refractivity contribution in [1.29, 1.82) is 0 Å². The van der Waals surface area contributed by atoms with Crippen molar-refractivity contribution >= 4 is 23.1 Å². The minimum absolute atomic E-state index is 0.0550. The van der Waals surface area contributed by atoms with E-state index in [0.29, 0.717) is 35.3 Å². The number of rotatable bonds is 4. The molecule has 0 spiro atoms. The lowest BCUT2D eigenvalue weighted by atomic mass is 10.0. The van der Waals surface area contributed by atoms with Crippen molar-refractivity contribution < 1.29 is 27.5 Å². The number of pyridine rings is 1. The molecule has 1 aromatic carbocycles. The molecule has 0 saturated carbocycles. The fourth-order valence-electron chi connectivity index (χ4n) is 5.40. The average molecular weight is 595 g/mol. The van der Waals surface area contributed by atoms with Crippen LogP contribution in [0.5, 0.6) is 0 Å². The van der Waals surface area contributed by atoms with Crippen LogP contribution in [-0.2, 0) is 22.3 Å². The Kier molecular flexibility index (Phi) is 9.05. The Hall–Kier alpha value is -4.32. The van der Waals surface area contributed by atoms with E-state index < -0.39 is 17.8 Å². The van der Waals surface area contributed by atoms with Gasteiger partial charge in [-0.3, -0.25) is 14.6 Å². The molecule has 1 aliphatic rings. The third kappa shape index (κ3) is 6.85. The van der Waals surface area contributed by atoms with E-state index >= 15 is 0 Å². The molecule has 0 fully saturated rings. The highest BCUT2D eigenvalue weighted by Crippen LogP contribution is 2.32. The van der Waals surface area contributed by atoms with Crippen LogP contribution in [0.3, 0.4) is 0 Å². The van der Waals surface area contributed by atoms with Crippen LogP contribution in [-0.4, -0.2) is 63.1 Å². The molecule has 0 saturated heterocycles. The average Bonchev–Trinajstić information content (AvgIpc) is 3.40. The maximum atomic E-state index is 13.9. The first-order valence-electron chi connectivity index (χ1n) is 14.2. The Morgan fingerprint density at radius 3 is 2.47 bits per heavy atom. The number of hydrogen-bond donors (Lipinski definition) is 0. The summed E-state index contributed by atoms with van der Waals surface area (Å²) < 4.78 is 47.2. The summed E-state index contributed by atoms with van der Waals surface area (Å²) in [6, 6.07) is 11.7. The van der Waals surface area contributed by atoms with Gasteiger partial charge in [0.15, 0.2) is 11.3 Å². The number of alkyl halides is 3. The quantitative estimate of drug-likeness (QED) is 0.301. The van der Waals surface area contributed by atoms with E-state index in [1.807, 2.05) is 30.3 Å². The molecule has 3 aromatic heterocycles. The highest BCUT2D eigenvalue weighted by atomic mass is 19.4. The summed E-state index contributed by atoms with van der Waals surface area (Å²) in [6.07, 6.45) is 2.97. The summed E-state index contributed by atoms with van der Waals surface area (Å²) in [5.74, 6) is -0.713. The number of halogens is 3. The van der Waals surface area contributed by atoms with Gasteiger partial charge in [-0.25, -0.2) is 9.50 Å². The molecule has 2 amide bonds. The molecule has 0 bridgehead atoms. The lowest BCUT2D eigenvalue weighted by molar-refractivity contribution is -0.142. The monoisotopic (exact) mass is 594 g/mol. The summed E-state index contributed by atoms with van der Waals surface area (Å²) in [5, 5.41) is 4.07. The van der Waals surface area contributed by atoms with Gasteiger partial charge in [0, 0.05) is 56.6 Å². The summed E-state index contributed by atoms with van der Waals surface area (Å²) in [7, 11) is 1.47. The molecule has 12 heteroatoms. The third-order valence-corrected chi connectivity index (χ3v) is 7.46. The molecule has 226 valence electrons. The van der Waals surface area contributed by atoms with Crippen LogP contribution >= 0.6 is 0 Å². The standard InChI is InChI=1S/C31H33F3N6O3/c1-21-15-27(31(32,33)34)40-28(36-21)17-25(37-40)30(42)38-13-6-4-3-5-7-14-39(29(41)20-43-2)26-11-10-22(16-24(26)19-38)23-9-8-12-35-18-23/h8-12,15-18H,3-7,13-14,19-20H2,1-2H3. The number of amides is 2. The van der Waals surface area contributed by atoms with E-state index in [9.17, 15) is 22.8 Å². The molecule has 0 radical (unpaired) electrons. The third-order valence-electron chi connectivity index (χ3n) is 7.46. The van der Waals surface area contributed by atoms with E-state index in [-0.39, 0.29) is 36.1 Å². The Balaban J connectivity index is 1.59. The molecule has 43 heavy (non-hydrogen) atoms. The van der Waals surface area contributed by atoms with Crippen LogP contribution in [0.1, 0.15) is 59.5 Å². The summed E-state index contributed by atoms with van der Waals surface area (Å²) in [5.41, 5.74) is 2.07. The number of fused-ring (bicyclic) bond motifs is 2. The Morgan fingerprint density at radius 1 is 0.977 bits per heavy atom. The highest BCUT2D eigenvalue weighted by Gasteiger charge is 2.35. The van der Waals surface area contributed by atoms with E-state index in [2.05, 4.69) is 15.1 Å². The first kappa shape index (κ1) is 30.1. The molecule has 4 aromatic rings. The van der Waals surface area contributed by atoms with Gasteiger partial charge in [0.2, 0.25) is 0 Å². The zero-order valence-corrected chi connectivity index (χ0v) is 24.1. The van der Waals surface area contributed by atoms with Crippen LogP contribution < -0.4 is 4.90 Å². The van der Waals surface area contributed by atoms with Crippen molar-refractivity contribution in [3.05, 3.63) is 77.5 Å². The molecule has 0 N–H and O–H groups in total. The summed E-state index contributed by atoms with van der Waals surface area (Å²) in [4.78, 5) is 38.8. The maximum absolute atomic E-state index is 13.9. The molecule has 0 atom stereocenters. The van der Waals surface area contributed by atoms with Gasteiger partial charge in [-0.05, 0) is 60.7 Å². The van der Waals surface area contributed by atoms with Crippen molar-refractivity contribution in [2.45, 2.75) is 51.7 Å². The zero-order valence-electron chi connectivity index (χ0n) is 24.1. The fourth-order valence-corrected chi connectivity index (χ4v) is 5.40.